The smallest absolute Gasteiger partial charge is 0.118 e. The van der Waals surface area contributed by atoms with E-state index in [2.05, 4.69) is 57.0 Å². The zero-order chi connectivity index (χ0) is 15.8. The van der Waals surface area contributed by atoms with Crippen molar-refractivity contribution in [1.29, 1.82) is 0 Å². The molecule has 0 spiro atoms. The van der Waals surface area contributed by atoms with Gasteiger partial charge >= 0.3 is 0 Å². The Balaban J connectivity index is 2.96. The van der Waals surface area contributed by atoms with E-state index in [0.717, 1.165) is 18.8 Å². The molecule has 0 aromatic heterocycles. The van der Waals surface area contributed by atoms with E-state index in [9.17, 15) is 0 Å². The van der Waals surface area contributed by atoms with Gasteiger partial charge in [0, 0.05) is 18.1 Å². The summed E-state index contributed by atoms with van der Waals surface area (Å²) < 4.78 is 5.26. The second-order valence-corrected chi connectivity index (χ2v) is 5.88. The van der Waals surface area contributed by atoms with Gasteiger partial charge in [-0.15, -0.1) is 0 Å². The maximum Gasteiger partial charge on any atom is 0.118 e. The molecule has 2 atom stereocenters. The first kappa shape index (κ1) is 18.0. The van der Waals surface area contributed by atoms with Gasteiger partial charge in [0.25, 0.3) is 0 Å². The molecule has 1 aromatic carbocycles. The van der Waals surface area contributed by atoms with Crippen molar-refractivity contribution in [2.24, 2.45) is 0 Å². The van der Waals surface area contributed by atoms with Gasteiger partial charge in [-0.05, 0) is 58.0 Å². The van der Waals surface area contributed by atoms with Crippen molar-refractivity contribution in [1.82, 2.24) is 10.2 Å². The number of methoxy groups -OCH3 is 1. The molecule has 0 saturated carbocycles. The minimum atomic E-state index is 0.342. The number of rotatable bonds is 9. The molecular formula is C18H32N2O. The molecule has 1 rings (SSSR count). The highest BCUT2D eigenvalue weighted by Gasteiger charge is 2.25. The molecule has 1 N–H and O–H groups in total. The summed E-state index contributed by atoms with van der Waals surface area (Å²) in [6.07, 6.45) is 1.18. The number of hydrogen-bond acceptors (Lipinski definition) is 3. The van der Waals surface area contributed by atoms with Crippen LogP contribution in [0.4, 0.5) is 0 Å². The molecule has 120 valence electrons. The van der Waals surface area contributed by atoms with Crippen molar-refractivity contribution in [3.05, 3.63) is 29.8 Å². The van der Waals surface area contributed by atoms with Gasteiger partial charge < -0.3 is 10.1 Å². The van der Waals surface area contributed by atoms with Gasteiger partial charge in [-0.3, -0.25) is 4.90 Å². The van der Waals surface area contributed by atoms with Crippen LogP contribution in [0.2, 0.25) is 0 Å². The molecule has 1 aromatic rings. The van der Waals surface area contributed by atoms with Crippen LogP contribution >= 0.6 is 0 Å². The van der Waals surface area contributed by atoms with Crippen LogP contribution in [0.3, 0.4) is 0 Å². The summed E-state index contributed by atoms with van der Waals surface area (Å²) in [5.41, 5.74) is 1.33. The first-order chi connectivity index (χ1) is 10.0. The Kier molecular flexibility index (Phi) is 7.76. The van der Waals surface area contributed by atoms with Gasteiger partial charge in [-0.1, -0.05) is 26.0 Å². The Hall–Kier alpha value is -1.06. The Labute approximate surface area is 130 Å². The van der Waals surface area contributed by atoms with Crippen LogP contribution in [0.15, 0.2) is 24.3 Å². The third kappa shape index (κ3) is 5.01. The van der Waals surface area contributed by atoms with Crippen LogP contribution in [-0.4, -0.2) is 37.2 Å². The van der Waals surface area contributed by atoms with Crippen molar-refractivity contribution in [3.8, 4) is 5.75 Å². The molecule has 0 bridgehead atoms. The minimum absolute atomic E-state index is 0.342. The molecule has 0 heterocycles. The fraction of sp³-hybridized carbons (Fsp3) is 0.667. The number of likely N-dealkylation sites (N-methyl/N-ethyl adjacent to an activating group) is 1. The predicted octanol–water partition coefficient (Wildman–Crippen LogP) is 3.85. The molecule has 0 saturated heterocycles. The predicted molar refractivity (Wildman–Crippen MR) is 91.0 cm³/mol. The summed E-state index contributed by atoms with van der Waals surface area (Å²) in [7, 11) is 1.71. The van der Waals surface area contributed by atoms with Crippen molar-refractivity contribution < 1.29 is 4.74 Å². The molecule has 21 heavy (non-hydrogen) atoms. The van der Waals surface area contributed by atoms with Gasteiger partial charge in [0.2, 0.25) is 0 Å². The molecule has 2 unspecified atom stereocenters. The lowest BCUT2D eigenvalue weighted by Crippen LogP contribution is -2.46. The van der Waals surface area contributed by atoms with E-state index in [1.54, 1.807) is 7.11 Å². The summed E-state index contributed by atoms with van der Waals surface area (Å²) in [5.74, 6) is 0.913. The third-order valence-corrected chi connectivity index (χ3v) is 4.05. The van der Waals surface area contributed by atoms with E-state index < -0.39 is 0 Å². The largest absolute Gasteiger partial charge is 0.497 e. The molecule has 0 aliphatic rings. The lowest BCUT2D eigenvalue weighted by atomic mass is 9.97. The molecule has 3 heteroatoms. The quantitative estimate of drug-likeness (QED) is 0.748. The van der Waals surface area contributed by atoms with E-state index in [1.807, 2.05) is 12.1 Å². The molecule has 0 aliphatic heterocycles. The second-order valence-electron chi connectivity index (χ2n) is 5.88. The highest BCUT2D eigenvalue weighted by Crippen LogP contribution is 2.24. The Bertz CT molecular complexity index is 389. The van der Waals surface area contributed by atoms with E-state index in [1.165, 1.54) is 12.0 Å². The lowest BCUT2D eigenvalue weighted by molar-refractivity contribution is 0.132. The second kappa shape index (κ2) is 9.06. The van der Waals surface area contributed by atoms with Crippen LogP contribution in [0.1, 0.15) is 52.6 Å². The lowest BCUT2D eigenvalue weighted by Gasteiger charge is -2.38. The van der Waals surface area contributed by atoms with Gasteiger partial charge in [0.05, 0.1) is 7.11 Å². The standard InChI is InChI=1S/C18H32N2O/c1-7-13-20(14(3)4)15(5)18(19-8-2)16-9-11-17(21-6)12-10-16/h9-12,14-15,18-19H,7-8,13H2,1-6H3. The number of nitrogens with one attached hydrogen (secondary N) is 1. The number of hydrogen-bond donors (Lipinski definition) is 1. The summed E-state index contributed by atoms with van der Waals surface area (Å²) in [6, 6.07) is 9.80. The van der Waals surface area contributed by atoms with Crippen molar-refractivity contribution in [2.45, 2.75) is 59.2 Å². The van der Waals surface area contributed by atoms with E-state index in [4.69, 9.17) is 4.74 Å². The zero-order valence-electron chi connectivity index (χ0n) is 14.5. The molecule has 0 fully saturated rings. The average molecular weight is 292 g/mol. The molecule has 0 radical (unpaired) electrons. The Morgan fingerprint density at radius 1 is 1.10 bits per heavy atom. The molecule has 0 amide bonds. The molecule has 0 aliphatic carbocycles. The summed E-state index contributed by atoms with van der Waals surface area (Å²) >= 11 is 0. The third-order valence-electron chi connectivity index (χ3n) is 4.05. The van der Waals surface area contributed by atoms with Crippen LogP contribution in [0, 0.1) is 0 Å². The van der Waals surface area contributed by atoms with Crippen LogP contribution in [0.5, 0.6) is 5.75 Å². The van der Waals surface area contributed by atoms with Crippen LogP contribution < -0.4 is 10.1 Å². The van der Waals surface area contributed by atoms with Gasteiger partial charge in [0.1, 0.15) is 5.75 Å². The van der Waals surface area contributed by atoms with Crippen molar-refractivity contribution in [2.75, 3.05) is 20.2 Å². The molecule has 3 nitrogen and oxygen atoms in total. The summed E-state index contributed by atoms with van der Waals surface area (Å²) in [6.45, 7) is 13.4. The van der Waals surface area contributed by atoms with Gasteiger partial charge in [-0.25, -0.2) is 0 Å². The first-order valence-corrected chi connectivity index (χ1v) is 8.18. The summed E-state index contributed by atoms with van der Waals surface area (Å²) in [4.78, 5) is 2.58. The first-order valence-electron chi connectivity index (χ1n) is 8.18. The van der Waals surface area contributed by atoms with E-state index >= 15 is 0 Å². The van der Waals surface area contributed by atoms with E-state index in [-0.39, 0.29) is 0 Å². The topological polar surface area (TPSA) is 24.5 Å². The van der Waals surface area contributed by atoms with Crippen LogP contribution in [-0.2, 0) is 0 Å². The maximum atomic E-state index is 5.26. The summed E-state index contributed by atoms with van der Waals surface area (Å²) in [5, 5.41) is 3.65. The zero-order valence-corrected chi connectivity index (χ0v) is 14.5. The number of benzene rings is 1. The minimum Gasteiger partial charge on any atom is -0.497 e. The Morgan fingerprint density at radius 3 is 2.14 bits per heavy atom. The van der Waals surface area contributed by atoms with Gasteiger partial charge in [0.15, 0.2) is 0 Å². The van der Waals surface area contributed by atoms with Gasteiger partial charge in [-0.2, -0.15) is 0 Å². The van der Waals surface area contributed by atoms with Crippen molar-refractivity contribution >= 4 is 0 Å². The maximum absolute atomic E-state index is 5.26. The average Bonchev–Trinajstić information content (AvgIpc) is 2.49. The Morgan fingerprint density at radius 2 is 1.71 bits per heavy atom. The number of ether oxygens (including phenoxy) is 1. The monoisotopic (exact) mass is 292 g/mol. The fourth-order valence-corrected chi connectivity index (χ4v) is 2.98. The van der Waals surface area contributed by atoms with Crippen molar-refractivity contribution in [3.63, 3.8) is 0 Å². The molecular weight excluding hydrogens is 260 g/mol. The fourth-order valence-electron chi connectivity index (χ4n) is 2.98. The highest BCUT2D eigenvalue weighted by atomic mass is 16.5. The SMILES string of the molecule is CCCN(C(C)C)C(C)C(NCC)c1ccc(OC)cc1. The van der Waals surface area contributed by atoms with Crippen LogP contribution in [0.25, 0.3) is 0 Å². The number of nitrogens with zero attached hydrogens (tertiary/aromatic N) is 1. The normalized spacial score (nSPS) is 14.5. The highest BCUT2D eigenvalue weighted by molar-refractivity contribution is 5.30. The van der Waals surface area contributed by atoms with E-state index in [0.29, 0.717) is 18.1 Å².